The molecule has 0 aromatic carbocycles. The number of hydrogen-bond acceptors (Lipinski definition) is 4. The van der Waals surface area contributed by atoms with Crippen LogP contribution in [0.4, 0.5) is 0 Å². The zero-order valence-electron chi connectivity index (χ0n) is 16.4. The predicted molar refractivity (Wildman–Crippen MR) is 118 cm³/mol. The van der Waals surface area contributed by atoms with Crippen molar-refractivity contribution in [3.8, 4) is 0 Å². The summed E-state index contributed by atoms with van der Waals surface area (Å²) < 4.78 is 0. The molecule has 0 bridgehead atoms. The summed E-state index contributed by atoms with van der Waals surface area (Å²) >= 11 is 0. The van der Waals surface area contributed by atoms with Crippen LogP contribution in [0.25, 0.3) is 0 Å². The molecule has 2 aliphatic heterocycles. The maximum Gasteiger partial charge on any atom is 0.231 e. The van der Waals surface area contributed by atoms with E-state index in [1.165, 1.54) is 38.9 Å². The van der Waals surface area contributed by atoms with Crippen LogP contribution in [0.1, 0.15) is 39.0 Å². The molecule has 26 heavy (non-hydrogen) atoms. The Morgan fingerprint density at radius 3 is 2.27 bits per heavy atom. The average Bonchev–Trinajstić information content (AvgIpc) is 2.62. The molecule has 0 radical (unpaired) electrons. The fraction of sp³-hybridized carbons (Fsp3) is 0.889. The minimum Gasteiger partial charge on any atom is -0.369 e. The lowest BCUT2D eigenvalue weighted by molar-refractivity contribution is -0.119. The molecule has 4 N–H and O–H groups in total. The van der Waals surface area contributed by atoms with E-state index in [1.807, 2.05) is 7.05 Å². The Bertz CT molecular complexity index is 431. The summed E-state index contributed by atoms with van der Waals surface area (Å²) in [5.74, 6) is 1.50. The molecule has 1 amide bonds. The number of nitrogens with zero attached hydrogens (tertiary/aromatic N) is 3. The van der Waals surface area contributed by atoms with Crippen molar-refractivity contribution in [2.75, 3.05) is 52.9 Å². The van der Waals surface area contributed by atoms with Crippen LogP contribution in [0, 0.1) is 5.92 Å². The highest BCUT2D eigenvalue weighted by molar-refractivity contribution is 14.0. The normalized spacial score (nSPS) is 21.2. The van der Waals surface area contributed by atoms with Gasteiger partial charge in [0.05, 0.1) is 6.54 Å². The average molecular weight is 480 g/mol. The second-order valence-electron chi connectivity index (χ2n) is 7.33. The van der Waals surface area contributed by atoms with Crippen LogP contribution < -0.4 is 16.4 Å². The number of carbonyl (C=O) groups is 1. The van der Waals surface area contributed by atoms with Crippen molar-refractivity contribution in [3.63, 3.8) is 0 Å². The molecule has 2 aliphatic rings. The molecule has 0 aromatic heterocycles. The molecule has 7 nitrogen and oxygen atoms in total. The van der Waals surface area contributed by atoms with Gasteiger partial charge in [0.2, 0.25) is 5.91 Å². The standard InChI is InChI=1S/C18H36N6O.HI/c1-3-23-10-5-15(6-11-23)4-9-21-18(20-2)22-16-7-12-24(13-8-16)14-17(19)25;/h15-16H,3-14H2,1-2H3,(H2,19,25)(H2,20,21,22);1H. The van der Waals surface area contributed by atoms with Crippen molar-refractivity contribution < 1.29 is 4.79 Å². The highest BCUT2D eigenvalue weighted by Crippen LogP contribution is 2.19. The lowest BCUT2D eigenvalue weighted by Gasteiger charge is -2.33. The third kappa shape index (κ3) is 8.39. The van der Waals surface area contributed by atoms with E-state index < -0.39 is 0 Å². The van der Waals surface area contributed by atoms with Crippen LogP contribution in [-0.2, 0) is 4.79 Å². The number of rotatable bonds is 7. The van der Waals surface area contributed by atoms with Crippen LogP contribution in [0.3, 0.4) is 0 Å². The monoisotopic (exact) mass is 480 g/mol. The fourth-order valence-corrected chi connectivity index (χ4v) is 3.83. The number of hydrogen-bond donors (Lipinski definition) is 3. The van der Waals surface area contributed by atoms with E-state index in [-0.39, 0.29) is 29.9 Å². The maximum absolute atomic E-state index is 11.0. The minimum absolute atomic E-state index is 0. The molecule has 0 aromatic rings. The number of halogens is 1. The fourth-order valence-electron chi connectivity index (χ4n) is 3.83. The smallest absolute Gasteiger partial charge is 0.231 e. The molecule has 2 heterocycles. The van der Waals surface area contributed by atoms with Gasteiger partial charge >= 0.3 is 0 Å². The van der Waals surface area contributed by atoms with Gasteiger partial charge in [-0.2, -0.15) is 0 Å². The van der Waals surface area contributed by atoms with Crippen molar-refractivity contribution >= 4 is 35.8 Å². The third-order valence-electron chi connectivity index (χ3n) is 5.53. The van der Waals surface area contributed by atoms with Gasteiger partial charge < -0.3 is 21.3 Å². The van der Waals surface area contributed by atoms with E-state index in [0.29, 0.717) is 12.6 Å². The number of primary amides is 1. The van der Waals surface area contributed by atoms with E-state index in [0.717, 1.165) is 44.4 Å². The predicted octanol–water partition coefficient (Wildman–Crippen LogP) is 0.841. The molecule has 0 aliphatic carbocycles. The first-order valence-corrected chi connectivity index (χ1v) is 9.81. The first-order chi connectivity index (χ1) is 12.1. The highest BCUT2D eigenvalue weighted by atomic mass is 127. The first kappa shape index (κ1) is 23.4. The number of piperidine rings is 2. The van der Waals surface area contributed by atoms with Crippen molar-refractivity contribution in [3.05, 3.63) is 0 Å². The lowest BCUT2D eigenvalue weighted by atomic mass is 9.93. The SMILES string of the molecule is CCN1CCC(CCNC(=NC)NC2CCN(CC(N)=O)CC2)CC1.I. The Hall–Kier alpha value is -0.610. The van der Waals surface area contributed by atoms with Gasteiger partial charge in [-0.05, 0) is 57.7 Å². The van der Waals surface area contributed by atoms with Crippen molar-refractivity contribution in [1.29, 1.82) is 0 Å². The molecule has 0 atom stereocenters. The third-order valence-corrected chi connectivity index (χ3v) is 5.53. The molecule has 2 fully saturated rings. The zero-order chi connectivity index (χ0) is 18.1. The van der Waals surface area contributed by atoms with Crippen LogP contribution in [0.2, 0.25) is 0 Å². The second kappa shape index (κ2) is 12.7. The van der Waals surface area contributed by atoms with Gasteiger partial charge in [-0.3, -0.25) is 14.7 Å². The quantitative estimate of drug-likeness (QED) is 0.286. The van der Waals surface area contributed by atoms with Crippen molar-refractivity contribution in [1.82, 2.24) is 20.4 Å². The molecule has 8 heteroatoms. The summed E-state index contributed by atoms with van der Waals surface area (Å²) in [6.45, 7) is 9.10. The van der Waals surface area contributed by atoms with Gasteiger partial charge in [-0.15, -0.1) is 24.0 Å². The van der Waals surface area contributed by atoms with Crippen molar-refractivity contribution in [2.24, 2.45) is 16.6 Å². The van der Waals surface area contributed by atoms with E-state index in [4.69, 9.17) is 5.73 Å². The number of nitrogens with two attached hydrogens (primary N) is 1. The van der Waals surface area contributed by atoms with E-state index in [1.54, 1.807) is 0 Å². The summed E-state index contributed by atoms with van der Waals surface area (Å²) in [6.07, 6.45) is 5.89. The van der Waals surface area contributed by atoms with Crippen LogP contribution >= 0.6 is 24.0 Å². The summed E-state index contributed by atoms with van der Waals surface area (Å²) in [5, 5.41) is 6.99. The van der Waals surface area contributed by atoms with Crippen LogP contribution in [-0.4, -0.2) is 80.6 Å². The molecule has 0 unspecified atom stereocenters. The summed E-state index contributed by atoms with van der Waals surface area (Å²) in [4.78, 5) is 20.0. The minimum atomic E-state index is -0.242. The number of aliphatic imine (C=N–C) groups is 1. The second-order valence-corrected chi connectivity index (χ2v) is 7.33. The van der Waals surface area contributed by atoms with Gasteiger partial charge in [0, 0.05) is 32.7 Å². The molecule has 2 saturated heterocycles. The summed E-state index contributed by atoms with van der Waals surface area (Å²) in [5.41, 5.74) is 5.26. The molecule has 152 valence electrons. The van der Waals surface area contributed by atoms with E-state index in [9.17, 15) is 4.79 Å². The molecule has 2 rings (SSSR count). The molecular formula is C18H37IN6O. The van der Waals surface area contributed by atoms with Gasteiger partial charge in [-0.1, -0.05) is 6.92 Å². The molecule has 0 spiro atoms. The Morgan fingerprint density at radius 1 is 1.12 bits per heavy atom. The summed E-state index contributed by atoms with van der Waals surface area (Å²) in [7, 11) is 1.83. The number of carbonyl (C=O) groups excluding carboxylic acids is 1. The largest absolute Gasteiger partial charge is 0.369 e. The number of guanidine groups is 1. The van der Waals surface area contributed by atoms with E-state index >= 15 is 0 Å². The van der Waals surface area contributed by atoms with Crippen LogP contribution in [0.15, 0.2) is 4.99 Å². The van der Waals surface area contributed by atoms with Gasteiger partial charge in [-0.25, -0.2) is 0 Å². The lowest BCUT2D eigenvalue weighted by Crippen LogP contribution is -2.50. The summed E-state index contributed by atoms with van der Waals surface area (Å²) in [6, 6.07) is 0.420. The van der Waals surface area contributed by atoms with Gasteiger partial charge in [0.15, 0.2) is 5.96 Å². The maximum atomic E-state index is 11.0. The van der Waals surface area contributed by atoms with Gasteiger partial charge in [0.25, 0.3) is 0 Å². The van der Waals surface area contributed by atoms with Crippen LogP contribution in [0.5, 0.6) is 0 Å². The number of nitrogens with one attached hydrogen (secondary N) is 2. The molecule has 0 saturated carbocycles. The van der Waals surface area contributed by atoms with Gasteiger partial charge in [0.1, 0.15) is 0 Å². The Kier molecular flexibility index (Phi) is 11.5. The number of amides is 1. The van der Waals surface area contributed by atoms with Crippen molar-refractivity contribution in [2.45, 2.75) is 45.1 Å². The Morgan fingerprint density at radius 2 is 1.73 bits per heavy atom. The Labute approximate surface area is 175 Å². The highest BCUT2D eigenvalue weighted by Gasteiger charge is 2.21. The first-order valence-electron chi connectivity index (χ1n) is 9.81. The number of likely N-dealkylation sites (tertiary alicyclic amines) is 2. The Balaban J connectivity index is 0.00000338. The van der Waals surface area contributed by atoms with E-state index in [2.05, 4.69) is 32.3 Å². The zero-order valence-corrected chi connectivity index (χ0v) is 18.7. The molecular weight excluding hydrogens is 443 g/mol. The topological polar surface area (TPSA) is 86.0 Å².